The molecule has 2 atom stereocenters. The Bertz CT molecular complexity index is 495. The second kappa shape index (κ2) is 7.08. The van der Waals surface area contributed by atoms with E-state index in [1.807, 2.05) is 12.1 Å². The molecule has 1 heterocycles. The lowest BCUT2D eigenvalue weighted by atomic mass is 10.0. The summed E-state index contributed by atoms with van der Waals surface area (Å²) in [7, 11) is 0. The molecule has 0 radical (unpaired) electrons. The topological polar surface area (TPSA) is 39.1 Å². The minimum atomic E-state index is 0.560. The van der Waals surface area contributed by atoms with Gasteiger partial charge >= 0.3 is 0 Å². The molecule has 1 fully saturated rings. The molecule has 0 bridgehead atoms. The largest absolute Gasteiger partial charge is 0.311 e. The van der Waals surface area contributed by atoms with Crippen molar-refractivity contribution in [3.63, 3.8) is 0 Å². The maximum Gasteiger partial charge on any atom is 0.0992 e. The molecule has 1 N–H and O–H groups in total. The number of nitriles is 1. The molecule has 1 saturated heterocycles. The summed E-state index contributed by atoms with van der Waals surface area (Å²) in [4.78, 5) is 2.51. The third-order valence-corrected chi connectivity index (χ3v) is 4.48. The van der Waals surface area contributed by atoms with Crippen LogP contribution >= 0.6 is 11.6 Å². The zero-order valence-electron chi connectivity index (χ0n) is 12.2. The Morgan fingerprint density at radius 1 is 1.40 bits per heavy atom. The summed E-state index contributed by atoms with van der Waals surface area (Å²) in [5, 5.41) is 13.2. The SMILES string of the molecule is CCC1CN(Cc2ccc(C#N)cc2Cl)C(CC)CN1. The van der Waals surface area contributed by atoms with E-state index >= 15 is 0 Å². The molecule has 0 amide bonds. The number of hydrogen-bond acceptors (Lipinski definition) is 3. The second-order valence-electron chi connectivity index (χ2n) is 5.42. The maximum atomic E-state index is 8.89. The molecular weight excluding hydrogens is 270 g/mol. The zero-order chi connectivity index (χ0) is 14.5. The third-order valence-electron chi connectivity index (χ3n) is 4.13. The Morgan fingerprint density at radius 2 is 2.20 bits per heavy atom. The van der Waals surface area contributed by atoms with E-state index in [1.165, 1.54) is 0 Å². The van der Waals surface area contributed by atoms with Gasteiger partial charge in [0.25, 0.3) is 0 Å². The summed E-state index contributed by atoms with van der Waals surface area (Å²) in [6, 6.07) is 8.84. The van der Waals surface area contributed by atoms with E-state index in [4.69, 9.17) is 16.9 Å². The van der Waals surface area contributed by atoms with Gasteiger partial charge in [0.05, 0.1) is 11.6 Å². The number of nitrogens with zero attached hydrogens (tertiary/aromatic N) is 2. The van der Waals surface area contributed by atoms with Gasteiger partial charge < -0.3 is 5.32 Å². The predicted molar refractivity (Wildman–Crippen MR) is 82.7 cm³/mol. The van der Waals surface area contributed by atoms with E-state index < -0.39 is 0 Å². The van der Waals surface area contributed by atoms with Gasteiger partial charge in [0.2, 0.25) is 0 Å². The Kier molecular flexibility index (Phi) is 5.42. The molecule has 0 aliphatic carbocycles. The molecule has 2 unspecified atom stereocenters. The minimum absolute atomic E-state index is 0.560. The summed E-state index contributed by atoms with van der Waals surface area (Å²) in [5.41, 5.74) is 1.73. The standard InChI is InChI=1S/C16H22ClN3/c1-3-14-11-20(15(4-2)9-19-14)10-13-6-5-12(8-18)7-16(13)17/h5-7,14-15,19H,3-4,9-11H2,1-2H3. The van der Waals surface area contributed by atoms with Crippen LogP contribution in [0.25, 0.3) is 0 Å². The minimum Gasteiger partial charge on any atom is -0.311 e. The fourth-order valence-corrected chi connectivity index (χ4v) is 3.00. The molecule has 1 aliphatic heterocycles. The van der Waals surface area contributed by atoms with Crippen molar-refractivity contribution in [2.75, 3.05) is 13.1 Å². The smallest absolute Gasteiger partial charge is 0.0992 e. The first-order valence-electron chi connectivity index (χ1n) is 7.33. The Hall–Kier alpha value is -1.08. The average Bonchev–Trinajstić information content (AvgIpc) is 2.49. The van der Waals surface area contributed by atoms with Gasteiger partial charge in [0.15, 0.2) is 0 Å². The fourth-order valence-electron chi connectivity index (χ4n) is 2.76. The van der Waals surface area contributed by atoms with Crippen molar-refractivity contribution in [2.45, 2.75) is 45.3 Å². The van der Waals surface area contributed by atoms with Crippen LogP contribution in [0.1, 0.15) is 37.8 Å². The van der Waals surface area contributed by atoms with Gasteiger partial charge in [-0.05, 0) is 30.5 Å². The number of nitrogens with one attached hydrogen (secondary N) is 1. The van der Waals surface area contributed by atoms with E-state index in [0.29, 0.717) is 22.7 Å². The average molecular weight is 292 g/mol. The lowest BCUT2D eigenvalue weighted by Gasteiger charge is -2.40. The van der Waals surface area contributed by atoms with Crippen LogP contribution in [-0.2, 0) is 6.54 Å². The highest BCUT2D eigenvalue weighted by molar-refractivity contribution is 6.31. The normalized spacial score (nSPS) is 23.5. The molecule has 1 aromatic rings. The maximum absolute atomic E-state index is 8.89. The number of hydrogen-bond donors (Lipinski definition) is 1. The highest BCUT2D eigenvalue weighted by Gasteiger charge is 2.26. The van der Waals surface area contributed by atoms with Crippen molar-refractivity contribution >= 4 is 11.6 Å². The van der Waals surface area contributed by atoms with E-state index in [-0.39, 0.29) is 0 Å². The van der Waals surface area contributed by atoms with Gasteiger partial charge in [-0.2, -0.15) is 5.26 Å². The van der Waals surface area contributed by atoms with E-state index in [9.17, 15) is 0 Å². The first kappa shape index (κ1) is 15.3. The Morgan fingerprint density at radius 3 is 2.80 bits per heavy atom. The summed E-state index contributed by atoms with van der Waals surface area (Å²) >= 11 is 6.30. The van der Waals surface area contributed by atoms with Crippen molar-refractivity contribution in [1.82, 2.24) is 10.2 Å². The van der Waals surface area contributed by atoms with Crippen LogP contribution in [0.15, 0.2) is 18.2 Å². The van der Waals surface area contributed by atoms with Crippen LogP contribution < -0.4 is 5.32 Å². The van der Waals surface area contributed by atoms with Crippen molar-refractivity contribution in [3.05, 3.63) is 34.3 Å². The van der Waals surface area contributed by atoms with E-state index in [2.05, 4.69) is 30.1 Å². The van der Waals surface area contributed by atoms with Crippen molar-refractivity contribution < 1.29 is 0 Å². The molecule has 1 aliphatic rings. The molecule has 4 heteroatoms. The molecule has 3 nitrogen and oxygen atoms in total. The number of benzene rings is 1. The van der Waals surface area contributed by atoms with Crippen LogP contribution in [0.2, 0.25) is 5.02 Å². The molecule has 20 heavy (non-hydrogen) atoms. The van der Waals surface area contributed by atoms with Crippen LogP contribution in [0.4, 0.5) is 0 Å². The van der Waals surface area contributed by atoms with Gasteiger partial charge in [0.1, 0.15) is 0 Å². The monoisotopic (exact) mass is 291 g/mol. The quantitative estimate of drug-likeness (QED) is 0.926. The van der Waals surface area contributed by atoms with Gasteiger partial charge in [0, 0.05) is 36.7 Å². The van der Waals surface area contributed by atoms with Gasteiger partial charge in [-0.3, -0.25) is 4.90 Å². The summed E-state index contributed by atoms with van der Waals surface area (Å²) in [6.07, 6.45) is 2.28. The Balaban J connectivity index is 2.12. The molecule has 0 saturated carbocycles. The van der Waals surface area contributed by atoms with Crippen LogP contribution in [0.5, 0.6) is 0 Å². The van der Waals surface area contributed by atoms with Gasteiger partial charge in [-0.25, -0.2) is 0 Å². The molecule has 1 aromatic carbocycles. The van der Waals surface area contributed by atoms with Crippen molar-refractivity contribution in [3.8, 4) is 6.07 Å². The van der Waals surface area contributed by atoms with Crippen LogP contribution in [-0.4, -0.2) is 30.1 Å². The molecular formula is C16H22ClN3. The lowest BCUT2D eigenvalue weighted by Crippen LogP contribution is -2.55. The van der Waals surface area contributed by atoms with Gasteiger partial charge in [-0.15, -0.1) is 0 Å². The van der Waals surface area contributed by atoms with Gasteiger partial charge in [-0.1, -0.05) is 31.5 Å². The van der Waals surface area contributed by atoms with Crippen molar-refractivity contribution in [2.24, 2.45) is 0 Å². The van der Waals surface area contributed by atoms with Crippen LogP contribution in [0.3, 0.4) is 0 Å². The highest BCUT2D eigenvalue weighted by atomic mass is 35.5. The third kappa shape index (κ3) is 3.52. The van der Waals surface area contributed by atoms with E-state index in [0.717, 1.165) is 38.0 Å². The van der Waals surface area contributed by atoms with E-state index in [1.54, 1.807) is 6.07 Å². The zero-order valence-corrected chi connectivity index (χ0v) is 13.0. The number of halogens is 1. The number of rotatable bonds is 4. The molecule has 0 aromatic heterocycles. The second-order valence-corrected chi connectivity index (χ2v) is 5.83. The summed E-state index contributed by atoms with van der Waals surface area (Å²) < 4.78 is 0. The van der Waals surface area contributed by atoms with Crippen LogP contribution in [0, 0.1) is 11.3 Å². The molecule has 2 rings (SSSR count). The lowest BCUT2D eigenvalue weighted by molar-refractivity contribution is 0.117. The molecule has 0 spiro atoms. The highest BCUT2D eigenvalue weighted by Crippen LogP contribution is 2.22. The first-order valence-corrected chi connectivity index (χ1v) is 7.71. The fraction of sp³-hybridized carbons (Fsp3) is 0.562. The Labute approximate surface area is 126 Å². The number of piperazine rings is 1. The summed E-state index contributed by atoms with van der Waals surface area (Å²) in [5.74, 6) is 0. The first-order chi connectivity index (χ1) is 9.67. The molecule has 108 valence electrons. The predicted octanol–water partition coefficient (Wildman–Crippen LogP) is 3.17. The van der Waals surface area contributed by atoms with Crippen molar-refractivity contribution in [1.29, 1.82) is 5.26 Å². The summed E-state index contributed by atoms with van der Waals surface area (Å²) in [6.45, 7) is 7.41.